The predicted molar refractivity (Wildman–Crippen MR) is 125 cm³/mol. The fourth-order valence-corrected chi connectivity index (χ4v) is 3.07. The van der Waals surface area contributed by atoms with Crippen LogP contribution in [0.2, 0.25) is 5.02 Å². The van der Waals surface area contributed by atoms with Crippen molar-refractivity contribution in [3.05, 3.63) is 92.9 Å². The first-order valence-corrected chi connectivity index (χ1v) is 10.4. The van der Waals surface area contributed by atoms with Gasteiger partial charge in [-0.25, -0.2) is 0 Å². The van der Waals surface area contributed by atoms with Crippen molar-refractivity contribution >= 4 is 45.2 Å². The number of benzene rings is 3. The minimum Gasteiger partial charge on any atom is -0.493 e. The number of anilines is 1. The molecule has 0 aliphatic carbocycles. The lowest BCUT2D eigenvalue weighted by molar-refractivity contribution is -0.112. The summed E-state index contributed by atoms with van der Waals surface area (Å²) < 4.78 is 12.3. The minimum absolute atomic E-state index is 0.0426. The van der Waals surface area contributed by atoms with Gasteiger partial charge in [-0.15, -0.1) is 0 Å². The zero-order chi connectivity index (χ0) is 22.2. The Bertz CT molecular complexity index is 1140. The number of nitrogens with one attached hydrogen (secondary N) is 1. The molecule has 0 aliphatic heterocycles. The molecule has 0 saturated carbocycles. The maximum absolute atomic E-state index is 12.5. The average Bonchev–Trinajstić information content (AvgIpc) is 2.78. The SMILES string of the molecule is COc1ccc(/C=C(\C#N)C(=O)Nc2ccc(Cl)cc2)cc1OCc1ccc(Br)cc1. The van der Waals surface area contributed by atoms with Crippen LogP contribution < -0.4 is 14.8 Å². The highest BCUT2D eigenvalue weighted by Crippen LogP contribution is 2.30. The number of halogens is 2. The molecule has 3 rings (SSSR count). The zero-order valence-electron chi connectivity index (χ0n) is 16.6. The van der Waals surface area contributed by atoms with Crippen molar-refractivity contribution in [2.75, 3.05) is 12.4 Å². The first-order valence-electron chi connectivity index (χ1n) is 9.22. The van der Waals surface area contributed by atoms with Crippen LogP contribution in [0.5, 0.6) is 11.5 Å². The summed E-state index contributed by atoms with van der Waals surface area (Å²) in [4.78, 5) is 12.5. The molecule has 0 heterocycles. The summed E-state index contributed by atoms with van der Waals surface area (Å²) in [6.07, 6.45) is 1.50. The lowest BCUT2D eigenvalue weighted by atomic mass is 10.1. The van der Waals surface area contributed by atoms with Crippen molar-refractivity contribution in [3.63, 3.8) is 0 Å². The van der Waals surface area contributed by atoms with Gasteiger partial charge in [0.1, 0.15) is 18.2 Å². The average molecular weight is 498 g/mol. The smallest absolute Gasteiger partial charge is 0.266 e. The highest BCUT2D eigenvalue weighted by atomic mass is 79.9. The van der Waals surface area contributed by atoms with E-state index in [1.54, 1.807) is 49.6 Å². The van der Waals surface area contributed by atoms with E-state index in [9.17, 15) is 10.1 Å². The Kier molecular flexibility index (Phi) is 7.71. The van der Waals surface area contributed by atoms with Crippen LogP contribution in [0.3, 0.4) is 0 Å². The minimum atomic E-state index is -0.516. The highest BCUT2D eigenvalue weighted by molar-refractivity contribution is 9.10. The van der Waals surface area contributed by atoms with Gasteiger partial charge in [-0.05, 0) is 65.7 Å². The number of hydrogen-bond donors (Lipinski definition) is 1. The van der Waals surface area contributed by atoms with Gasteiger partial charge < -0.3 is 14.8 Å². The standard InChI is InChI=1S/C24H18BrClN2O3/c1-30-22-11-4-17(13-23(22)31-15-16-2-5-19(25)6-3-16)12-18(14-27)24(29)28-21-9-7-20(26)8-10-21/h2-13H,15H2,1H3,(H,28,29)/b18-12+. The molecule has 1 N–H and O–H groups in total. The molecule has 0 saturated heterocycles. The molecule has 1 amide bonds. The first-order chi connectivity index (χ1) is 15.0. The third kappa shape index (κ3) is 6.35. The largest absolute Gasteiger partial charge is 0.493 e. The lowest BCUT2D eigenvalue weighted by Crippen LogP contribution is -2.13. The number of nitriles is 1. The summed E-state index contributed by atoms with van der Waals surface area (Å²) >= 11 is 9.26. The molecule has 0 spiro atoms. The van der Waals surface area contributed by atoms with Crippen LogP contribution in [0.1, 0.15) is 11.1 Å². The van der Waals surface area contributed by atoms with E-state index in [1.165, 1.54) is 6.08 Å². The Labute approximate surface area is 194 Å². The Morgan fingerprint density at radius 3 is 2.45 bits per heavy atom. The molecular formula is C24H18BrClN2O3. The van der Waals surface area contributed by atoms with E-state index in [4.69, 9.17) is 21.1 Å². The first kappa shape index (κ1) is 22.4. The Morgan fingerprint density at radius 2 is 1.81 bits per heavy atom. The molecule has 0 bridgehead atoms. The van der Waals surface area contributed by atoms with Crippen molar-refractivity contribution in [1.82, 2.24) is 0 Å². The molecular weight excluding hydrogens is 480 g/mol. The van der Waals surface area contributed by atoms with Gasteiger partial charge in [0.05, 0.1) is 7.11 Å². The van der Waals surface area contributed by atoms with Crippen LogP contribution >= 0.6 is 27.5 Å². The van der Waals surface area contributed by atoms with Gasteiger partial charge in [0, 0.05) is 15.2 Å². The second-order valence-corrected chi connectivity index (χ2v) is 7.81. The summed E-state index contributed by atoms with van der Waals surface area (Å²) in [6, 6.07) is 21.6. The maximum atomic E-state index is 12.5. The monoisotopic (exact) mass is 496 g/mol. The Morgan fingerprint density at radius 1 is 1.10 bits per heavy atom. The van der Waals surface area contributed by atoms with E-state index in [1.807, 2.05) is 30.3 Å². The fourth-order valence-electron chi connectivity index (χ4n) is 2.68. The summed E-state index contributed by atoms with van der Waals surface area (Å²) in [7, 11) is 1.55. The molecule has 3 aromatic rings. The van der Waals surface area contributed by atoms with Crippen LogP contribution in [-0.2, 0) is 11.4 Å². The van der Waals surface area contributed by atoms with E-state index in [2.05, 4.69) is 21.2 Å². The Balaban J connectivity index is 1.78. The van der Waals surface area contributed by atoms with Crippen molar-refractivity contribution in [1.29, 1.82) is 5.26 Å². The van der Waals surface area contributed by atoms with Gasteiger partial charge in [-0.2, -0.15) is 5.26 Å². The molecule has 0 aliphatic rings. The van der Waals surface area contributed by atoms with E-state index >= 15 is 0 Å². The van der Waals surface area contributed by atoms with Crippen molar-refractivity contribution < 1.29 is 14.3 Å². The summed E-state index contributed by atoms with van der Waals surface area (Å²) in [6.45, 7) is 0.346. The van der Waals surface area contributed by atoms with E-state index in [0.29, 0.717) is 34.4 Å². The molecule has 0 aromatic heterocycles. The van der Waals surface area contributed by atoms with Gasteiger partial charge in [0.25, 0.3) is 5.91 Å². The van der Waals surface area contributed by atoms with Gasteiger partial charge >= 0.3 is 0 Å². The normalized spacial score (nSPS) is 10.8. The predicted octanol–water partition coefficient (Wildman–Crippen LogP) is 6.24. The zero-order valence-corrected chi connectivity index (χ0v) is 18.9. The van der Waals surface area contributed by atoms with Crippen molar-refractivity contribution in [2.24, 2.45) is 0 Å². The molecule has 0 unspecified atom stereocenters. The van der Waals surface area contributed by atoms with Gasteiger partial charge in [0.15, 0.2) is 11.5 Å². The number of amides is 1. The van der Waals surface area contributed by atoms with Crippen molar-refractivity contribution in [2.45, 2.75) is 6.61 Å². The van der Waals surface area contributed by atoms with Crippen LogP contribution in [0.15, 0.2) is 76.8 Å². The highest BCUT2D eigenvalue weighted by Gasteiger charge is 2.11. The van der Waals surface area contributed by atoms with Gasteiger partial charge in [0.2, 0.25) is 0 Å². The third-order valence-electron chi connectivity index (χ3n) is 4.27. The Hall–Kier alpha value is -3.27. The fraction of sp³-hybridized carbons (Fsp3) is 0.0833. The summed E-state index contributed by atoms with van der Waals surface area (Å²) in [5, 5.41) is 12.7. The molecule has 31 heavy (non-hydrogen) atoms. The van der Waals surface area contributed by atoms with E-state index < -0.39 is 5.91 Å². The number of methoxy groups -OCH3 is 1. The number of ether oxygens (including phenoxy) is 2. The summed E-state index contributed by atoms with van der Waals surface area (Å²) in [5.41, 5.74) is 2.13. The van der Waals surface area contributed by atoms with Gasteiger partial charge in [-0.3, -0.25) is 4.79 Å². The van der Waals surface area contributed by atoms with Crippen LogP contribution in [0.25, 0.3) is 6.08 Å². The third-order valence-corrected chi connectivity index (χ3v) is 5.05. The van der Waals surface area contributed by atoms with Gasteiger partial charge in [-0.1, -0.05) is 45.7 Å². The number of hydrogen-bond acceptors (Lipinski definition) is 4. The molecule has 156 valence electrons. The van der Waals surface area contributed by atoms with Crippen LogP contribution in [-0.4, -0.2) is 13.0 Å². The molecule has 7 heteroatoms. The summed E-state index contributed by atoms with van der Waals surface area (Å²) in [5.74, 6) is 0.547. The number of nitrogens with zero attached hydrogens (tertiary/aromatic N) is 1. The quantitative estimate of drug-likeness (QED) is 0.310. The topological polar surface area (TPSA) is 71.3 Å². The molecule has 3 aromatic carbocycles. The number of carbonyl (C=O) groups excluding carboxylic acids is 1. The molecule has 5 nitrogen and oxygen atoms in total. The molecule has 0 radical (unpaired) electrons. The molecule has 0 atom stereocenters. The number of rotatable bonds is 7. The van der Waals surface area contributed by atoms with Crippen LogP contribution in [0, 0.1) is 11.3 Å². The maximum Gasteiger partial charge on any atom is 0.266 e. The lowest BCUT2D eigenvalue weighted by Gasteiger charge is -2.12. The van der Waals surface area contributed by atoms with Crippen LogP contribution in [0.4, 0.5) is 5.69 Å². The van der Waals surface area contributed by atoms with E-state index in [0.717, 1.165) is 10.0 Å². The van der Waals surface area contributed by atoms with E-state index in [-0.39, 0.29) is 5.57 Å². The number of carbonyl (C=O) groups is 1. The van der Waals surface area contributed by atoms with Crippen molar-refractivity contribution in [3.8, 4) is 17.6 Å². The second kappa shape index (κ2) is 10.7. The second-order valence-electron chi connectivity index (χ2n) is 6.46. The molecule has 0 fully saturated rings.